The summed E-state index contributed by atoms with van der Waals surface area (Å²) in [5, 5.41) is 12.0. The van der Waals surface area contributed by atoms with E-state index in [0.717, 1.165) is 24.0 Å². The second-order valence-corrected chi connectivity index (χ2v) is 7.62. The van der Waals surface area contributed by atoms with E-state index in [1.165, 1.54) is 35.5 Å². The minimum absolute atomic E-state index is 0.502. The number of aromatic amines is 1. The highest BCUT2D eigenvalue weighted by Crippen LogP contribution is 2.22. The van der Waals surface area contributed by atoms with Crippen LogP contribution >= 0.6 is 11.8 Å². The number of thioether (sulfide) groups is 1. The molecule has 1 aliphatic rings. The fourth-order valence-electron chi connectivity index (χ4n) is 3.61. The predicted octanol–water partition coefficient (Wildman–Crippen LogP) is 4.36. The molecule has 1 saturated heterocycles. The fraction of sp³-hybridized carbons (Fsp3) is 0.350. The van der Waals surface area contributed by atoms with E-state index in [1.807, 2.05) is 18.0 Å². The van der Waals surface area contributed by atoms with Crippen molar-refractivity contribution in [3.8, 4) is 0 Å². The summed E-state index contributed by atoms with van der Waals surface area (Å²) < 4.78 is 0. The van der Waals surface area contributed by atoms with Gasteiger partial charge in [0.15, 0.2) is 0 Å². The van der Waals surface area contributed by atoms with Crippen molar-refractivity contribution in [2.75, 3.05) is 24.7 Å². The van der Waals surface area contributed by atoms with Crippen molar-refractivity contribution in [1.29, 1.82) is 0 Å². The number of hydrogen-bond acceptors (Lipinski definition) is 4. The summed E-state index contributed by atoms with van der Waals surface area (Å²) in [5.41, 5.74) is 3.68. The van der Waals surface area contributed by atoms with E-state index >= 15 is 0 Å². The quantitative estimate of drug-likeness (QED) is 0.670. The Hall–Kier alpha value is -1.98. The minimum Gasteiger partial charge on any atom is -0.381 e. The zero-order valence-electron chi connectivity index (χ0n) is 14.5. The maximum absolute atomic E-state index is 4.10. The topological polar surface area (TPSA) is 44.0 Å². The van der Waals surface area contributed by atoms with Crippen LogP contribution in [0.25, 0.3) is 10.9 Å². The van der Waals surface area contributed by atoms with Gasteiger partial charge in [0.1, 0.15) is 0 Å². The van der Waals surface area contributed by atoms with Crippen LogP contribution in [0.1, 0.15) is 18.4 Å². The monoisotopic (exact) mass is 352 g/mol. The van der Waals surface area contributed by atoms with Crippen LogP contribution in [0.15, 0.2) is 53.6 Å². The van der Waals surface area contributed by atoms with E-state index in [2.05, 4.69) is 69.1 Å². The molecular formula is C20H24N4S. The van der Waals surface area contributed by atoms with Gasteiger partial charge in [0.2, 0.25) is 0 Å². The lowest BCUT2D eigenvalue weighted by molar-refractivity contribution is 0.208. The third-order valence-corrected chi connectivity index (χ3v) is 5.58. The first-order valence-electron chi connectivity index (χ1n) is 8.85. The average Bonchev–Trinajstić information content (AvgIpc) is 3.10. The second kappa shape index (κ2) is 7.50. The van der Waals surface area contributed by atoms with Crippen LogP contribution in [-0.2, 0) is 6.54 Å². The van der Waals surface area contributed by atoms with E-state index in [1.54, 1.807) is 0 Å². The molecule has 25 heavy (non-hydrogen) atoms. The molecule has 3 aromatic rings. The van der Waals surface area contributed by atoms with Gasteiger partial charge in [-0.25, -0.2) is 0 Å². The highest BCUT2D eigenvalue weighted by atomic mass is 32.2. The summed E-state index contributed by atoms with van der Waals surface area (Å²) >= 11 is 1.81. The van der Waals surface area contributed by atoms with Gasteiger partial charge in [0.05, 0.1) is 11.7 Å². The third kappa shape index (κ3) is 3.99. The van der Waals surface area contributed by atoms with Crippen LogP contribution in [0, 0.1) is 0 Å². The van der Waals surface area contributed by atoms with Gasteiger partial charge in [0, 0.05) is 35.1 Å². The first kappa shape index (κ1) is 16.5. The smallest absolute Gasteiger partial charge is 0.0651 e. The number of piperidine rings is 1. The lowest BCUT2D eigenvalue weighted by Gasteiger charge is -2.33. The Morgan fingerprint density at radius 3 is 3.16 bits per heavy atom. The molecule has 0 amide bonds. The normalized spacial score (nSPS) is 18.5. The van der Waals surface area contributed by atoms with Crippen LogP contribution in [0.3, 0.4) is 0 Å². The van der Waals surface area contributed by atoms with Crippen LogP contribution in [0.4, 0.5) is 5.69 Å². The summed E-state index contributed by atoms with van der Waals surface area (Å²) in [6, 6.07) is 15.8. The molecule has 0 unspecified atom stereocenters. The molecule has 5 heteroatoms. The van der Waals surface area contributed by atoms with Crippen molar-refractivity contribution in [2.45, 2.75) is 30.3 Å². The van der Waals surface area contributed by atoms with Gasteiger partial charge in [0.25, 0.3) is 0 Å². The van der Waals surface area contributed by atoms with E-state index < -0.39 is 0 Å². The van der Waals surface area contributed by atoms with Crippen molar-refractivity contribution in [3.05, 3.63) is 54.2 Å². The number of hydrogen-bond donors (Lipinski definition) is 2. The Kier molecular flexibility index (Phi) is 4.95. The van der Waals surface area contributed by atoms with Gasteiger partial charge in [-0.2, -0.15) is 5.10 Å². The van der Waals surface area contributed by atoms with Crippen molar-refractivity contribution in [1.82, 2.24) is 15.1 Å². The highest BCUT2D eigenvalue weighted by molar-refractivity contribution is 7.98. The molecule has 4 nitrogen and oxygen atoms in total. The SMILES string of the molecule is CSc1cccc(CN2CCC[C@@H](Nc3ccc4[nH]ncc4c3)C2)c1. The van der Waals surface area contributed by atoms with Gasteiger partial charge < -0.3 is 5.32 Å². The molecular weight excluding hydrogens is 328 g/mol. The Morgan fingerprint density at radius 1 is 1.28 bits per heavy atom. The van der Waals surface area contributed by atoms with Gasteiger partial charge in [-0.1, -0.05) is 12.1 Å². The summed E-state index contributed by atoms with van der Waals surface area (Å²) in [6.45, 7) is 3.31. The summed E-state index contributed by atoms with van der Waals surface area (Å²) in [6.07, 6.45) is 6.49. The Balaban J connectivity index is 1.40. The summed E-state index contributed by atoms with van der Waals surface area (Å²) in [4.78, 5) is 3.91. The molecule has 1 atom stereocenters. The maximum Gasteiger partial charge on any atom is 0.0651 e. The largest absolute Gasteiger partial charge is 0.381 e. The molecule has 2 heterocycles. The molecule has 0 spiro atoms. The first-order chi connectivity index (χ1) is 12.3. The average molecular weight is 353 g/mol. The molecule has 4 rings (SSSR count). The number of H-pyrrole nitrogens is 1. The molecule has 1 fully saturated rings. The van der Waals surface area contributed by atoms with Gasteiger partial charge in [-0.05, 0) is 61.5 Å². The lowest BCUT2D eigenvalue weighted by atomic mass is 10.0. The number of rotatable bonds is 5. The fourth-order valence-corrected chi connectivity index (χ4v) is 4.10. The molecule has 1 aliphatic heterocycles. The van der Waals surface area contributed by atoms with Gasteiger partial charge in [-0.3, -0.25) is 10.00 Å². The second-order valence-electron chi connectivity index (χ2n) is 6.74. The number of aromatic nitrogens is 2. The highest BCUT2D eigenvalue weighted by Gasteiger charge is 2.20. The molecule has 0 aliphatic carbocycles. The lowest BCUT2D eigenvalue weighted by Crippen LogP contribution is -2.41. The van der Waals surface area contributed by atoms with Crippen molar-refractivity contribution < 1.29 is 0 Å². The zero-order chi connectivity index (χ0) is 17.1. The maximum atomic E-state index is 4.10. The summed E-state index contributed by atoms with van der Waals surface area (Å²) in [5.74, 6) is 0. The molecule has 0 saturated carbocycles. The predicted molar refractivity (Wildman–Crippen MR) is 106 cm³/mol. The zero-order valence-corrected chi connectivity index (χ0v) is 15.4. The minimum atomic E-state index is 0.502. The molecule has 2 aromatic carbocycles. The number of anilines is 1. The molecule has 0 bridgehead atoms. The molecule has 2 N–H and O–H groups in total. The van der Waals surface area contributed by atoms with Crippen molar-refractivity contribution in [3.63, 3.8) is 0 Å². The van der Waals surface area contributed by atoms with E-state index in [9.17, 15) is 0 Å². The number of benzene rings is 2. The first-order valence-corrected chi connectivity index (χ1v) is 10.1. The van der Waals surface area contributed by atoms with E-state index in [0.29, 0.717) is 6.04 Å². The number of fused-ring (bicyclic) bond motifs is 1. The number of likely N-dealkylation sites (tertiary alicyclic amines) is 1. The van der Waals surface area contributed by atoms with E-state index in [-0.39, 0.29) is 0 Å². The third-order valence-electron chi connectivity index (χ3n) is 4.86. The Labute approximate surface area is 153 Å². The van der Waals surface area contributed by atoms with Gasteiger partial charge >= 0.3 is 0 Å². The van der Waals surface area contributed by atoms with Crippen LogP contribution in [-0.4, -0.2) is 40.5 Å². The number of nitrogens with one attached hydrogen (secondary N) is 2. The molecule has 1 aromatic heterocycles. The van der Waals surface area contributed by atoms with Crippen molar-refractivity contribution >= 4 is 28.4 Å². The van der Waals surface area contributed by atoms with Gasteiger partial charge in [-0.15, -0.1) is 11.8 Å². The van der Waals surface area contributed by atoms with E-state index in [4.69, 9.17) is 0 Å². The van der Waals surface area contributed by atoms with Crippen LogP contribution in [0.5, 0.6) is 0 Å². The Bertz CT molecular complexity index is 844. The standard InChI is InChI=1S/C20H24N4S/c1-25-19-6-2-4-15(10-19)13-24-9-3-5-18(14-24)22-17-7-8-20-16(11-17)12-21-23-20/h2,4,6-8,10-12,18,22H,3,5,9,13-14H2,1H3,(H,21,23)/t18-/m1/s1. The Morgan fingerprint density at radius 2 is 2.24 bits per heavy atom. The number of nitrogens with zero attached hydrogens (tertiary/aromatic N) is 2. The van der Waals surface area contributed by atoms with Crippen molar-refractivity contribution in [2.24, 2.45) is 0 Å². The summed E-state index contributed by atoms with van der Waals surface area (Å²) in [7, 11) is 0. The van der Waals surface area contributed by atoms with Crippen LogP contribution in [0.2, 0.25) is 0 Å². The molecule has 130 valence electrons. The van der Waals surface area contributed by atoms with Crippen LogP contribution < -0.4 is 5.32 Å². The molecule has 0 radical (unpaired) electrons.